The van der Waals surface area contributed by atoms with Gasteiger partial charge in [0.1, 0.15) is 5.75 Å². The van der Waals surface area contributed by atoms with E-state index in [1.807, 2.05) is 13.0 Å². The van der Waals surface area contributed by atoms with Crippen LogP contribution >= 0.6 is 0 Å². The van der Waals surface area contributed by atoms with E-state index in [9.17, 15) is 4.79 Å². The van der Waals surface area contributed by atoms with Gasteiger partial charge in [-0.15, -0.1) is 0 Å². The van der Waals surface area contributed by atoms with Crippen molar-refractivity contribution in [3.8, 4) is 5.75 Å². The van der Waals surface area contributed by atoms with Crippen LogP contribution in [0.1, 0.15) is 24.0 Å². The molecule has 3 heteroatoms. The Balaban J connectivity index is 0.000000181. The highest BCUT2D eigenvalue weighted by Crippen LogP contribution is 2.18. The number of carbonyl (C=O) groups excluding carboxylic acids is 1. The average molecular weight is 221 g/mol. The minimum atomic E-state index is 0.530. The monoisotopic (exact) mass is 221 g/mol. The van der Waals surface area contributed by atoms with Crippen molar-refractivity contribution in [2.24, 2.45) is 0 Å². The zero-order valence-electron chi connectivity index (χ0n) is 10.1. The molecule has 1 saturated carbocycles. The lowest BCUT2D eigenvalue weighted by atomic mass is 10.1. The van der Waals surface area contributed by atoms with E-state index in [2.05, 4.69) is 24.4 Å². The molecular formula is C13H19NO2. The number of carbonyl (C=O) groups is 1. The van der Waals surface area contributed by atoms with E-state index in [1.54, 1.807) is 7.11 Å². The third-order valence-corrected chi connectivity index (χ3v) is 2.44. The second-order valence-electron chi connectivity index (χ2n) is 4.03. The van der Waals surface area contributed by atoms with E-state index in [4.69, 9.17) is 4.74 Å². The normalized spacial score (nSPS) is 13.4. The second kappa shape index (κ2) is 6.16. The van der Waals surface area contributed by atoms with Gasteiger partial charge in [-0.1, -0.05) is 12.1 Å². The van der Waals surface area contributed by atoms with Crippen molar-refractivity contribution in [3.05, 3.63) is 29.3 Å². The van der Waals surface area contributed by atoms with E-state index in [0.717, 1.165) is 12.2 Å². The lowest BCUT2D eigenvalue weighted by molar-refractivity contribution is -0.109. The van der Waals surface area contributed by atoms with Crippen LogP contribution in [0.4, 0.5) is 0 Å². The molecule has 0 unspecified atom stereocenters. The van der Waals surface area contributed by atoms with Crippen LogP contribution in [-0.2, 0) is 4.79 Å². The van der Waals surface area contributed by atoms with Crippen LogP contribution in [0.25, 0.3) is 0 Å². The van der Waals surface area contributed by atoms with E-state index in [1.165, 1.54) is 24.0 Å². The van der Waals surface area contributed by atoms with Crippen LogP contribution in [0.15, 0.2) is 18.2 Å². The predicted molar refractivity (Wildman–Crippen MR) is 64.7 cm³/mol. The maximum atomic E-state index is 9.54. The van der Waals surface area contributed by atoms with Gasteiger partial charge in [0.15, 0.2) is 0 Å². The molecule has 0 atom stereocenters. The first-order chi connectivity index (χ1) is 7.67. The molecular weight excluding hydrogens is 202 g/mol. The standard InChI is InChI=1S/C9H12O.C4H7NO/c1-7-4-5-8(2)9(6-7)10-3;6-3-5-4-1-2-4/h4-6H,1-3H3;3-4H,1-2H2,(H,5,6). The predicted octanol–water partition coefficient (Wildman–Crippen LogP) is 2.21. The molecule has 3 nitrogen and oxygen atoms in total. The van der Waals surface area contributed by atoms with Crippen LogP contribution in [0.2, 0.25) is 0 Å². The van der Waals surface area contributed by atoms with E-state index in [-0.39, 0.29) is 0 Å². The summed E-state index contributed by atoms with van der Waals surface area (Å²) in [6, 6.07) is 6.71. The van der Waals surface area contributed by atoms with Gasteiger partial charge in [0.25, 0.3) is 0 Å². The zero-order valence-corrected chi connectivity index (χ0v) is 10.1. The Hall–Kier alpha value is -1.51. The minimum absolute atomic E-state index is 0.530. The molecule has 0 radical (unpaired) electrons. The number of nitrogens with one attached hydrogen (secondary N) is 1. The summed E-state index contributed by atoms with van der Waals surface area (Å²) in [6.45, 7) is 4.10. The molecule has 0 spiro atoms. The Morgan fingerprint density at radius 1 is 1.38 bits per heavy atom. The summed E-state index contributed by atoms with van der Waals surface area (Å²) in [5.74, 6) is 0.972. The van der Waals surface area contributed by atoms with Crippen LogP contribution in [0.5, 0.6) is 5.75 Å². The lowest BCUT2D eigenvalue weighted by Gasteiger charge is -2.03. The Labute approximate surface area is 96.8 Å². The fraction of sp³-hybridized carbons (Fsp3) is 0.462. The topological polar surface area (TPSA) is 38.3 Å². The summed E-state index contributed by atoms with van der Waals surface area (Å²) in [5.41, 5.74) is 2.43. The van der Waals surface area contributed by atoms with Crippen molar-refractivity contribution >= 4 is 6.41 Å². The SMILES string of the molecule is COc1cc(C)ccc1C.O=CNC1CC1. The molecule has 88 valence electrons. The zero-order chi connectivity index (χ0) is 12.0. The number of hydrogen-bond donors (Lipinski definition) is 1. The molecule has 1 N–H and O–H groups in total. The molecule has 0 bridgehead atoms. The first-order valence-electron chi connectivity index (χ1n) is 5.48. The molecule has 0 heterocycles. The second-order valence-corrected chi connectivity index (χ2v) is 4.03. The fourth-order valence-electron chi connectivity index (χ4n) is 1.27. The Morgan fingerprint density at radius 2 is 2.06 bits per heavy atom. The van der Waals surface area contributed by atoms with Gasteiger partial charge in [-0.05, 0) is 43.9 Å². The number of aryl methyl sites for hydroxylation is 2. The molecule has 1 aliphatic rings. The van der Waals surface area contributed by atoms with Crippen molar-refractivity contribution in [3.63, 3.8) is 0 Å². The molecule has 1 amide bonds. The highest BCUT2D eigenvalue weighted by molar-refractivity contribution is 5.47. The first kappa shape index (κ1) is 12.6. The molecule has 1 fully saturated rings. The van der Waals surface area contributed by atoms with Crippen molar-refractivity contribution in [2.45, 2.75) is 32.7 Å². The Kier molecular flexibility index (Phi) is 4.83. The molecule has 0 aromatic heterocycles. The molecule has 1 aliphatic carbocycles. The van der Waals surface area contributed by atoms with Gasteiger partial charge in [0.05, 0.1) is 7.11 Å². The molecule has 16 heavy (non-hydrogen) atoms. The molecule has 1 aromatic rings. The van der Waals surface area contributed by atoms with Gasteiger partial charge in [-0.3, -0.25) is 4.79 Å². The maximum Gasteiger partial charge on any atom is 0.207 e. The van der Waals surface area contributed by atoms with Crippen molar-refractivity contribution in [1.82, 2.24) is 5.32 Å². The van der Waals surface area contributed by atoms with Gasteiger partial charge in [-0.25, -0.2) is 0 Å². The summed E-state index contributed by atoms with van der Waals surface area (Å²) in [4.78, 5) is 9.54. The molecule has 2 rings (SSSR count). The molecule has 0 saturated heterocycles. The molecule has 0 aliphatic heterocycles. The van der Waals surface area contributed by atoms with E-state index < -0.39 is 0 Å². The van der Waals surface area contributed by atoms with Crippen LogP contribution in [0, 0.1) is 13.8 Å². The van der Waals surface area contributed by atoms with Crippen LogP contribution in [-0.4, -0.2) is 19.6 Å². The van der Waals surface area contributed by atoms with Gasteiger partial charge in [-0.2, -0.15) is 0 Å². The maximum absolute atomic E-state index is 9.54. The summed E-state index contributed by atoms with van der Waals surface area (Å²) < 4.78 is 5.13. The third kappa shape index (κ3) is 4.34. The summed E-state index contributed by atoms with van der Waals surface area (Å²) in [5, 5.41) is 2.64. The largest absolute Gasteiger partial charge is 0.496 e. The van der Waals surface area contributed by atoms with Crippen LogP contribution in [0.3, 0.4) is 0 Å². The summed E-state index contributed by atoms with van der Waals surface area (Å²) >= 11 is 0. The van der Waals surface area contributed by atoms with Crippen molar-refractivity contribution in [2.75, 3.05) is 7.11 Å². The first-order valence-corrected chi connectivity index (χ1v) is 5.48. The summed E-state index contributed by atoms with van der Waals surface area (Å²) in [6.07, 6.45) is 3.12. The smallest absolute Gasteiger partial charge is 0.207 e. The van der Waals surface area contributed by atoms with Gasteiger partial charge >= 0.3 is 0 Å². The number of ether oxygens (including phenoxy) is 1. The fourth-order valence-corrected chi connectivity index (χ4v) is 1.27. The quantitative estimate of drug-likeness (QED) is 0.795. The lowest BCUT2D eigenvalue weighted by Crippen LogP contribution is -2.11. The van der Waals surface area contributed by atoms with Crippen LogP contribution < -0.4 is 10.1 Å². The van der Waals surface area contributed by atoms with Gasteiger partial charge in [0.2, 0.25) is 6.41 Å². The average Bonchev–Trinajstić information content (AvgIpc) is 3.07. The highest BCUT2D eigenvalue weighted by atomic mass is 16.5. The highest BCUT2D eigenvalue weighted by Gasteiger charge is 2.18. The number of methoxy groups -OCH3 is 1. The third-order valence-electron chi connectivity index (χ3n) is 2.44. The minimum Gasteiger partial charge on any atom is -0.496 e. The van der Waals surface area contributed by atoms with Crippen molar-refractivity contribution < 1.29 is 9.53 Å². The van der Waals surface area contributed by atoms with E-state index in [0.29, 0.717) is 6.04 Å². The summed E-state index contributed by atoms with van der Waals surface area (Å²) in [7, 11) is 1.70. The number of rotatable bonds is 3. The van der Waals surface area contributed by atoms with Gasteiger partial charge in [0, 0.05) is 6.04 Å². The van der Waals surface area contributed by atoms with Gasteiger partial charge < -0.3 is 10.1 Å². The molecule has 1 aromatic carbocycles. The van der Waals surface area contributed by atoms with Crippen molar-refractivity contribution in [1.29, 1.82) is 0 Å². The van der Waals surface area contributed by atoms with E-state index >= 15 is 0 Å². The number of hydrogen-bond acceptors (Lipinski definition) is 2. The number of benzene rings is 1. The number of amides is 1. The Bertz CT molecular complexity index is 346. The Morgan fingerprint density at radius 3 is 2.44 bits per heavy atom.